The van der Waals surface area contributed by atoms with Gasteiger partial charge in [0, 0.05) is 13.1 Å². The van der Waals surface area contributed by atoms with E-state index in [1.807, 2.05) is 18.7 Å². The summed E-state index contributed by atoms with van der Waals surface area (Å²) < 4.78 is 0. The molecule has 1 saturated carbocycles. The van der Waals surface area contributed by atoms with Gasteiger partial charge in [0.05, 0.1) is 5.54 Å². The van der Waals surface area contributed by atoms with E-state index in [2.05, 4.69) is 13.5 Å². The van der Waals surface area contributed by atoms with E-state index < -0.39 is 5.54 Å². The number of hydrogen-bond donors (Lipinski definition) is 1. The summed E-state index contributed by atoms with van der Waals surface area (Å²) in [5.41, 5.74) is 6.70. The van der Waals surface area contributed by atoms with Crippen LogP contribution < -0.4 is 5.73 Å². The third-order valence-electron chi connectivity index (χ3n) is 3.59. The molecule has 0 aromatic carbocycles. The minimum atomic E-state index is -0.636. The van der Waals surface area contributed by atoms with Crippen molar-refractivity contribution in [2.45, 2.75) is 52.0 Å². The average Bonchev–Trinajstić information content (AvgIpc) is 2.24. The van der Waals surface area contributed by atoms with Gasteiger partial charge in [0.2, 0.25) is 5.91 Å². The maximum absolute atomic E-state index is 12.5. The summed E-state index contributed by atoms with van der Waals surface area (Å²) in [5.74, 6) is 0.663. The number of carbonyl (C=O) groups is 1. The van der Waals surface area contributed by atoms with Gasteiger partial charge in [0.1, 0.15) is 0 Å². The molecule has 1 rings (SSSR count). The van der Waals surface area contributed by atoms with Crippen LogP contribution in [0.25, 0.3) is 0 Å². The summed E-state index contributed by atoms with van der Waals surface area (Å²) in [6.07, 6.45) is 3.90. The van der Waals surface area contributed by atoms with Crippen molar-refractivity contribution in [3.63, 3.8) is 0 Å². The van der Waals surface area contributed by atoms with Crippen molar-refractivity contribution < 1.29 is 4.79 Å². The highest BCUT2D eigenvalue weighted by Gasteiger charge is 2.40. The summed E-state index contributed by atoms with van der Waals surface area (Å²) in [7, 11) is 0. The minimum absolute atomic E-state index is 0.106. The van der Waals surface area contributed by atoms with E-state index in [-0.39, 0.29) is 5.91 Å². The smallest absolute Gasteiger partial charge is 0.242 e. The van der Waals surface area contributed by atoms with E-state index in [0.29, 0.717) is 19.0 Å². The van der Waals surface area contributed by atoms with Gasteiger partial charge in [0.25, 0.3) is 0 Å². The molecule has 0 heterocycles. The highest BCUT2D eigenvalue weighted by Crippen LogP contribution is 2.31. The third kappa shape index (κ3) is 3.56. The zero-order valence-corrected chi connectivity index (χ0v) is 11.5. The summed E-state index contributed by atoms with van der Waals surface area (Å²) in [5, 5.41) is 0. The number of hydrogen-bond acceptors (Lipinski definition) is 2. The second-order valence-electron chi connectivity index (χ2n) is 5.63. The van der Waals surface area contributed by atoms with Crippen LogP contribution >= 0.6 is 0 Å². The minimum Gasteiger partial charge on any atom is -0.337 e. The van der Waals surface area contributed by atoms with Crippen LogP contribution in [0.4, 0.5) is 0 Å². The molecule has 2 atom stereocenters. The van der Waals surface area contributed by atoms with Gasteiger partial charge in [0.15, 0.2) is 0 Å². The van der Waals surface area contributed by atoms with Crippen molar-refractivity contribution in [2.75, 3.05) is 13.1 Å². The molecule has 2 N–H and O–H groups in total. The van der Waals surface area contributed by atoms with Crippen molar-refractivity contribution in [1.29, 1.82) is 0 Å². The molecule has 0 radical (unpaired) electrons. The molecule has 2 unspecified atom stereocenters. The Morgan fingerprint density at radius 2 is 2.24 bits per heavy atom. The molecule has 0 saturated heterocycles. The molecule has 1 amide bonds. The van der Waals surface area contributed by atoms with E-state index in [0.717, 1.165) is 24.8 Å². The molecule has 1 fully saturated rings. The van der Waals surface area contributed by atoms with Gasteiger partial charge >= 0.3 is 0 Å². The van der Waals surface area contributed by atoms with Gasteiger partial charge in [-0.25, -0.2) is 0 Å². The fourth-order valence-corrected chi connectivity index (χ4v) is 2.75. The van der Waals surface area contributed by atoms with E-state index in [4.69, 9.17) is 5.73 Å². The highest BCUT2D eigenvalue weighted by molar-refractivity contribution is 5.86. The second kappa shape index (κ2) is 5.67. The number of amides is 1. The van der Waals surface area contributed by atoms with Crippen LogP contribution in [0.5, 0.6) is 0 Å². The molecule has 17 heavy (non-hydrogen) atoms. The summed E-state index contributed by atoms with van der Waals surface area (Å²) in [6, 6.07) is 0. The quantitative estimate of drug-likeness (QED) is 0.764. The Morgan fingerprint density at radius 1 is 1.59 bits per heavy atom. The first-order valence-corrected chi connectivity index (χ1v) is 6.61. The molecule has 3 nitrogen and oxygen atoms in total. The highest BCUT2D eigenvalue weighted by atomic mass is 16.2. The van der Waals surface area contributed by atoms with Crippen molar-refractivity contribution in [3.05, 3.63) is 12.2 Å². The van der Waals surface area contributed by atoms with Crippen LogP contribution in [-0.2, 0) is 4.79 Å². The Morgan fingerprint density at radius 3 is 2.71 bits per heavy atom. The molecule has 0 bridgehead atoms. The Labute approximate surface area is 105 Å². The lowest BCUT2D eigenvalue weighted by Gasteiger charge is -2.39. The largest absolute Gasteiger partial charge is 0.337 e. The summed E-state index contributed by atoms with van der Waals surface area (Å²) in [6.45, 7) is 11.3. The van der Waals surface area contributed by atoms with Crippen molar-refractivity contribution in [2.24, 2.45) is 11.7 Å². The Kier molecular flexibility index (Phi) is 4.75. The van der Waals surface area contributed by atoms with Crippen LogP contribution in [-0.4, -0.2) is 29.4 Å². The number of carbonyl (C=O) groups excluding carboxylic acids is 1. The van der Waals surface area contributed by atoms with Gasteiger partial charge < -0.3 is 10.6 Å². The lowest BCUT2D eigenvalue weighted by atomic mass is 9.76. The van der Waals surface area contributed by atoms with Crippen molar-refractivity contribution >= 4 is 5.91 Å². The van der Waals surface area contributed by atoms with Gasteiger partial charge in [-0.1, -0.05) is 31.9 Å². The number of likely N-dealkylation sites (N-methyl/N-ethyl adjacent to an activating group) is 1. The fourth-order valence-electron chi connectivity index (χ4n) is 2.75. The number of nitrogens with zero attached hydrogens (tertiary/aromatic N) is 1. The molecular weight excluding hydrogens is 212 g/mol. The number of nitrogens with two attached hydrogens (primary N) is 1. The second-order valence-corrected chi connectivity index (χ2v) is 5.63. The zero-order valence-electron chi connectivity index (χ0n) is 11.5. The number of rotatable bonds is 4. The molecule has 0 aromatic rings. The van der Waals surface area contributed by atoms with Crippen LogP contribution in [0.15, 0.2) is 12.2 Å². The molecule has 98 valence electrons. The molecule has 0 aromatic heterocycles. The van der Waals surface area contributed by atoms with Crippen LogP contribution in [0.2, 0.25) is 0 Å². The SMILES string of the molecule is C=C(C)CN(CC)C(=O)C1(N)CCCC(C)C1. The fraction of sp³-hybridized carbons (Fsp3) is 0.786. The monoisotopic (exact) mass is 238 g/mol. The maximum Gasteiger partial charge on any atom is 0.242 e. The van der Waals surface area contributed by atoms with Gasteiger partial charge in [-0.05, 0) is 32.6 Å². The van der Waals surface area contributed by atoms with Gasteiger partial charge in [-0.3, -0.25) is 4.79 Å². The predicted octanol–water partition coefficient (Wildman–Crippen LogP) is 2.32. The molecule has 1 aliphatic rings. The predicted molar refractivity (Wildman–Crippen MR) is 71.6 cm³/mol. The average molecular weight is 238 g/mol. The van der Waals surface area contributed by atoms with E-state index in [1.54, 1.807) is 0 Å². The van der Waals surface area contributed by atoms with Crippen LogP contribution in [0.1, 0.15) is 46.5 Å². The summed E-state index contributed by atoms with van der Waals surface area (Å²) >= 11 is 0. The molecule has 0 aliphatic heterocycles. The zero-order chi connectivity index (χ0) is 13.1. The first kappa shape index (κ1) is 14.2. The Balaban J connectivity index is 2.74. The molecular formula is C14H26N2O. The summed E-state index contributed by atoms with van der Waals surface area (Å²) in [4.78, 5) is 14.3. The first-order valence-electron chi connectivity index (χ1n) is 6.61. The normalized spacial score (nSPS) is 28.8. The Bertz CT molecular complexity index is 301. The molecule has 3 heteroatoms. The topological polar surface area (TPSA) is 46.3 Å². The standard InChI is InChI=1S/C14H26N2O/c1-5-16(10-11(2)3)13(17)14(15)8-6-7-12(4)9-14/h12H,2,5-10,15H2,1,3-4H3. The van der Waals surface area contributed by atoms with Gasteiger partial charge in [-0.2, -0.15) is 0 Å². The molecule has 1 aliphatic carbocycles. The lowest BCUT2D eigenvalue weighted by molar-refractivity contribution is -0.138. The van der Waals surface area contributed by atoms with Crippen LogP contribution in [0, 0.1) is 5.92 Å². The van der Waals surface area contributed by atoms with Crippen molar-refractivity contribution in [3.8, 4) is 0 Å². The van der Waals surface area contributed by atoms with Gasteiger partial charge in [-0.15, -0.1) is 0 Å². The van der Waals surface area contributed by atoms with E-state index >= 15 is 0 Å². The maximum atomic E-state index is 12.5. The van der Waals surface area contributed by atoms with Crippen LogP contribution in [0.3, 0.4) is 0 Å². The third-order valence-corrected chi connectivity index (χ3v) is 3.59. The lowest BCUT2D eigenvalue weighted by Crippen LogP contribution is -2.57. The van der Waals surface area contributed by atoms with E-state index in [9.17, 15) is 4.79 Å². The Hall–Kier alpha value is -0.830. The molecule has 0 spiro atoms. The van der Waals surface area contributed by atoms with E-state index in [1.165, 1.54) is 6.42 Å². The van der Waals surface area contributed by atoms with Crippen molar-refractivity contribution in [1.82, 2.24) is 4.90 Å². The first-order chi connectivity index (χ1) is 7.89.